The van der Waals surface area contributed by atoms with E-state index in [1.165, 1.54) is 7.11 Å². The minimum atomic E-state index is -0.113. The quantitative estimate of drug-likeness (QED) is 0.902. The smallest absolute Gasteiger partial charge is 0.231 e. The highest BCUT2D eigenvalue weighted by Gasteiger charge is 2.39. The number of carbonyl (C=O) groups is 1. The Labute approximate surface area is 146 Å². The van der Waals surface area contributed by atoms with E-state index in [1.807, 2.05) is 25.1 Å². The fraction of sp³-hybridized carbons (Fsp3) is 0.350. The number of carbonyl (C=O) groups excluding carboxylic acids is 1. The highest BCUT2D eigenvalue weighted by atomic mass is 16.7. The molecule has 0 saturated heterocycles. The molecular weight excluding hydrogens is 320 g/mol. The van der Waals surface area contributed by atoms with Gasteiger partial charge in [-0.1, -0.05) is 19.9 Å². The lowest BCUT2D eigenvalue weighted by atomic mass is 9.67. The van der Waals surface area contributed by atoms with Gasteiger partial charge in [0.15, 0.2) is 28.8 Å². The van der Waals surface area contributed by atoms with Crippen molar-refractivity contribution in [1.29, 1.82) is 0 Å². The van der Waals surface area contributed by atoms with Crippen molar-refractivity contribution in [2.45, 2.75) is 19.8 Å². The summed E-state index contributed by atoms with van der Waals surface area (Å²) in [7, 11) is 1.53. The van der Waals surface area contributed by atoms with Crippen LogP contribution in [0.25, 0.3) is 0 Å². The Morgan fingerprint density at radius 2 is 1.84 bits per heavy atom. The Morgan fingerprint density at radius 3 is 2.56 bits per heavy atom. The van der Waals surface area contributed by atoms with Crippen molar-refractivity contribution in [1.82, 2.24) is 0 Å². The second-order valence-electron chi connectivity index (χ2n) is 6.71. The molecule has 0 fully saturated rings. The summed E-state index contributed by atoms with van der Waals surface area (Å²) in [5.41, 5.74) is 2.63. The van der Waals surface area contributed by atoms with E-state index < -0.39 is 0 Å². The molecule has 0 radical (unpaired) electrons. The van der Waals surface area contributed by atoms with Gasteiger partial charge in [-0.2, -0.15) is 0 Å². The van der Waals surface area contributed by atoms with Crippen LogP contribution in [-0.2, 0) is 0 Å². The number of rotatable bonds is 2. The minimum absolute atomic E-state index is 0.00620. The van der Waals surface area contributed by atoms with Crippen molar-refractivity contribution in [3.63, 3.8) is 0 Å². The third-order valence-electron chi connectivity index (χ3n) is 5.44. The van der Waals surface area contributed by atoms with Crippen LogP contribution in [0.1, 0.15) is 41.3 Å². The Hall–Kier alpha value is -2.69. The van der Waals surface area contributed by atoms with E-state index in [4.69, 9.17) is 14.2 Å². The Kier molecular flexibility index (Phi) is 3.60. The van der Waals surface area contributed by atoms with Gasteiger partial charge in [-0.15, -0.1) is 0 Å². The predicted molar refractivity (Wildman–Crippen MR) is 91.7 cm³/mol. The molecule has 1 heterocycles. The predicted octanol–water partition coefficient (Wildman–Crippen LogP) is 3.73. The molecule has 5 nitrogen and oxygen atoms in total. The Balaban J connectivity index is 1.91. The average molecular weight is 340 g/mol. The summed E-state index contributed by atoms with van der Waals surface area (Å²) in [5, 5.41) is 9.90. The molecule has 130 valence electrons. The molecule has 2 aromatic carbocycles. The van der Waals surface area contributed by atoms with E-state index >= 15 is 0 Å². The number of ether oxygens (including phenoxy) is 3. The van der Waals surface area contributed by atoms with Gasteiger partial charge in [-0.05, 0) is 41.3 Å². The standard InChI is InChI=1S/C20H20O5/c1-10-11(2)20(22)14-8-18-17(24-9-25-18)7-13(14)19(10)12-4-5-15(21)16(6-12)23-3/h4-8,10-11,19,21H,9H2,1-3H3/t10-,11-,19-/m1/s1. The number of hydrogen-bond acceptors (Lipinski definition) is 5. The minimum Gasteiger partial charge on any atom is -0.504 e. The molecule has 4 rings (SSSR count). The number of Topliss-reactive ketones (excluding diaryl/α,β-unsaturated/α-hetero) is 1. The number of phenolic OH excluding ortho intramolecular Hbond substituents is 1. The van der Waals surface area contributed by atoms with Crippen LogP contribution in [0, 0.1) is 11.8 Å². The van der Waals surface area contributed by atoms with Gasteiger partial charge in [0.2, 0.25) is 6.79 Å². The van der Waals surface area contributed by atoms with E-state index in [0.29, 0.717) is 22.8 Å². The van der Waals surface area contributed by atoms with Crippen molar-refractivity contribution >= 4 is 5.78 Å². The molecule has 5 heteroatoms. The number of benzene rings is 2. The van der Waals surface area contributed by atoms with Crippen LogP contribution in [0.4, 0.5) is 0 Å². The second kappa shape index (κ2) is 5.69. The van der Waals surface area contributed by atoms with Gasteiger partial charge >= 0.3 is 0 Å². The monoisotopic (exact) mass is 340 g/mol. The van der Waals surface area contributed by atoms with E-state index in [1.54, 1.807) is 12.1 Å². The van der Waals surface area contributed by atoms with Crippen LogP contribution in [-0.4, -0.2) is 24.8 Å². The topological polar surface area (TPSA) is 65.0 Å². The van der Waals surface area contributed by atoms with E-state index in [-0.39, 0.29) is 36.1 Å². The third kappa shape index (κ3) is 2.34. The summed E-state index contributed by atoms with van der Waals surface area (Å²) in [6, 6.07) is 9.08. The molecule has 1 aliphatic heterocycles. The summed E-state index contributed by atoms with van der Waals surface area (Å²) in [5.74, 6) is 1.95. The van der Waals surface area contributed by atoms with Gasteiger partial charge in [0, 0.05) is 17.4 Å². The van der Waals surface area contributed by atoms with Gasteiger partial charge in [0.05, 0.1) is 7.11 Å². The maximum Gasteiger partial charge on any atom is 0.231 e. The lowest BCUT2D eigenvalue weighted by Gasteiger charge is -2.35. The van der Waals surface area contributed by atoms with Crippen molar-refractivity contribution in [2.75, 3.05) is 13.9 Å². The average Bonchev–Trinajstić information content (AvgIpc) is 3.07. The van der Waals surface area contributed by atoms with Crippen molar-refractivity contribution in [3.8, 4) is 23.0 Å². The lowest BCUT2D eigenvalue weighted by Crippen LogP contribution is -2.32. The molecular formula is C20H20O5. The highest BCUT2D eigenvalue weighted by Crippen LogP contribution is 2.48. The number of phenols is 1. The summed E-state index contributed by atoms with van der Waals surface area (Å²) in [4.78, 5) is 12.8. The van der Waals surface area contributed by atoms with Gasteiger partial charge in [0.1, 0.15) is 0 Å². The van der Waals surface area contributed by atoms with Gasteiger partial charge in [0.25, 0.3) is 0 Å². The van der Waals surface area contributed by atoms with Crippen LogP contribution < -0.4 is 14.2 Å². The molecule has 0 amide bonds. The molecule has 0 aromatic heterocycles. The molecule has 0 bridgehead atoms. The van der Waals surface area contributed by atoms with E-state index in [0.717, 1.165) is 11.1 Å². The molecule has 2 aromatic rings. The van der Waals surface area contributed by atoms with Crippen LogP contribution in [0.2, 0.25) is 0 Å². The number of ketones is 1. The van der Waals surface area contributed by atoms with Crippen molar-refractivity contribution in [2.24, 2.45) is 11.8 Å². The maximum atomic E-state index is 12.8. The SMILES string of the molecule is COc1cc([C@@H]2c3cc4c(cc3C(=O)[C@H](C)[C@H]2C)OCO4)ccc1O. The number of methoxy groups -OCH3 is 1. The molecule has 25 heavy (non-hydrogen) atoms. The fourth-order valence-corrected chi connectivity index (χ4v) is 3.86. The Bertz CT molecular complexity index is 857. The number of fused-ring (bicyclic) bond motifs is 2. The van der Waals surface area contributed by atoms with E-state index in [2.05, 4.69) is 6.92 Å². The molecule has 0 unspecified atom stereocenters. The van der Waals surface area contributed by atoms with Crippen LogP contribution in [0.15, 0.2) is 30.3 Å². The third-order valence-corrected chi connectivity index (χ3v) is 5.44. The molecule has 1 N–H and O–H groups in total. The zero-order valence-electron chi connectivity index (χ0n) is 14.4. The first-order chi connectivity index (χ1) is 12.0. The Morgan fingerprint density at radius 1 is 1.12 bits per heavy atom. The number of aromatic hydroxyl groups is 1. The molecule has 3 atom stereocenters. The maximum absolute atomic E-state index is 12.8. The summed E-state index contributed by atoms with van der Waals surface area (Å²) >= 11 is 0. The normalized spacial score (nSPS) is 24.1. The number of hydrogen-bond donors (Lipinski definition) is 1. The zero-order valence-corrected chi connectivity index (χ0v) is 14.4. The van der Waals surface area contributed by atoms with Crippen molar-refractivity contribution in [3.05, 3.63) is 47.0 Å². The fourth-order valence-electron chi connectivity index (χ4n) is 3.86. The molecule has 2 aliphatic rings. The van der Waals surface area contributed by atoms with Crippen LogP contribution in [0.5, 0.6) is 23.0 Å². The lowest BCUT2D eigenvalue weighted by molar-refractivity contribution is 0.0866. The highest BCUT2D eigenvalue weighted by molar-refractivity contribution is 6.01. The molecule has 1 aliphatic carbocycles. The zero-order chi connectivity index (χ0) is 17.7. The molecule has 0 saturated carbocycles. The van der Waals surface area contributed by atoms with Crippen LogP contribution in [0.3, 0.4) is 0 Å². The van der Waals surface area contributed by atoms with Gasteiger partial charge in [-0.3, -0.25) is 4.79 Å². The second-order valence-corrected chi connectivity index (χ2v) is 6.71. The van der Waals surface area contributed by atoms with Crippen LogP contribution >= 0.6 is 0 Å². The summed E-state index contributed by atoms with van der Waals surface area (Å²) in [6.45, 7) is 4.22. The summed E-state index contributed by atoms with van der Waals surface area (Å²) < 4.78 is 16.2. The largest absolute Gasteiger partial charge is 0.504 e. The first-order valence-electron chi connectivity index (χ1n) is 8.36. The first kappa shape index (κ1) is 15.8. The summed E-state index contributed by atoms with van der Waals surface area (Å²) in [6.07, 6.45) is 0. The van der Waals surface area contributed by atoms with Gasteiger partial charge in [-0.25, -0.2) is 0 Å². The van der Waals surface area contributed by atoms with Gasteiger partial charge < -0.3 is 19.3 Å². The van der Waals surface area contributed by atoms with Crippen molar-refractivity contribution < 1.29 is 24.1 Å². The first-order valence-corrected chi connectivity index (χ1v) is 8.36. The van der Waals surface area contributed by atoms with E-state index in [9.17, 15) is 9.90 Å². The molecule has 0 spiro atoms.